The van der Waals surface area contributed by atoms with Crippen LogP contribution in [0.1, 0.15) is 59.3 Å². The van der Waals surface area contributed by atoms with Gasteiger partial charge in [0.25, 0.3) is 5.24 Å². The lowest BCUT2D eigenvalue weighted by molar-refractivity contribution is -0.138. The molecule has 3 aromatic rings. The molecule has 2 heterocycles. The Morgan fingerprint density at radius 3 is 2.39 bits per heavy atom. The number of rotatable bonds is 9. The lowest BCUT2D eigenvalue weighted by atomic mass is 9.85. The largest absolute Gasteiger partial charge is 0.468 e. The van der Waals surface area contributed by atoms with Gasteiger partial charge in [0.05, 0.1) is 23.9 Å². The number of methoxy groups -OCH3 is 1. The molecule has 1 aromatic carbocycles. The Hall–Kier alpha value is -3.65. The number of Topliss-reactive ketones (excluding diaryl/α,β-unsaturated/α-hetero) is 1. The third-order valence-corrected chi connectivity index (χ3v) is 7.32. The van der Waals surface area contributed by atoms with E-state index in [0.29, 0.717) is 17.0 Å². The molecule has 0 unspecified atom stereocenters. The lowest BCUT2D eigenvalue weighted by Crippen LogP contribution is -2.37. The van der Waals surface area contributed by atoms with Crippen molar-refractivity contribution >= 4 is 45.9 Å². The summed E-state index contributed by atoms with van der Waals surface area (Å²) < 4.78 is 12.2. The first-order valence-electron chi connectivity index (χ1n) is 12.7. The molecule has 1 aliphatic rings. The van der Waals surface area contributed by atoms with E-state index in [1.165, 1.54) is 13.5 Å². The second-order valence-electron chi connectivity index (χ2n) is 9.57. The number of anilines is 1. The van der Waals surface area contributed by atoms with Crippen molar-refractivity contribution in [1.82, 2.24) is 4.40 Å². The van der Waals surface area contributed by atoms with Gasteiger partial charge in [0.15, 0.2) is 0 Å². The highest BCUT2D eigenvalue weighted by Crippen LogP contribution is 2.36. The molecule has 0 radical (unpaired) electrons. The first-order valence-corrected chi connectivity index (χ1v) is 13.1. The smallest absolute Gasteiger partial charge is 0.415 e. The summed E-state index contributed by atoms with van der Waals surface area (Å²) in [5.41, 5.74) is 2.99. The maximum absolute atomic E-state index is 13.3. The number of fused-ring (bicyclic) bond motifs is 1. The summed E-state index contributed by atoms with van der Waals surface area (Å²) in [5.74, 6) is -1.09. The van der Waals surface area contributed by atoms with Crippen molar-refractivity contribution in [2.75, 3.05) is 18.6 Å². The van der Waals surface area contributed by atoms with E-state index in [2.05, 4.69) is 0 Å². The molecule has 0 atom stereocenters. The summed E-state index contributed by atoms with van der Waals surface area (Å²) in [6.07, 6.45) is 7.42. The van der Waals surface area contributed by atoms with E-state index >= 15 is 0 Å². The zero-order valence-electron chi connectivity index (χ0n) is 21.6. The molecule has 38 heavy (non-hydrogen) atoms. The number of ketones is 1. The number of benzene rings is 1. The molecule has 8 nitrogen and oxygen atoms in total. The Labute approximate surface area is 226 Å². The molecule has 1 aliphatic carbocycles. The number of hydrogen-bond acceptors (Lipinski definition) is 6. The van der Waals surface area contributed by atoms with Crippen LogP contribution in [0.3, 0.4) is 0 Å². The van der Waals surface area contributed by atoms with Crippen molar-refractivity contribution in [3.8, 4) is 0 Å². The van der Waals surface area contributed by atoms with Crippen LogP contribution in [0.2, 0.25) is 0 Å². The number of hydrogen-bond donors (Lipinski definition) is 0. The highest BCUT2D eigenvalue weighted by molar-refractivity contribution is 6.83. The standard InChI is InChI=1S/C29H31ClN2O6/c1-19-23(16-20-10-5-3-6-11-20)31-15-9-14-22(26(31)25(19)27(34)28(30)35)32(17-24(33)37-2)29(36)38-18-21-12-7-4-8-13-21/h4,7-9,12-15,20H,3,5-6,10-11,16-18H2,1-2H3. The topological polar surface area (TPSA) is 94.4 Å². The van der Waals surface area contributed by atoms with Crippen molar-refractivity contribution in [3.63, 3.8) is 0 Å². The second kappa shape index (κ2) is 12.3. The van der Waals surface area contributed by atoms with Gasteiger partial charge in [-0.3, -0.25) is 19.3 Å². The number of aromatic nitrogens is 1. The molecular weight excluding hydrogens is 508 g/mol. The van der Waals surface area contributed by atoms with Crippen LogP contribution in [0.15, 0.2) is 48.7 Å². The van der Waals surface area contributed by atoms with Gasteiger partial charge in [-0.1, -0.05) is 62.4 Å². The minimum Gasteiger partial charge on any atom is -0.468 e. The number of pyridine rings is 1. The monoisotopic (exact) mass is 538 g/mol. The van der Waals surface area contributed by atoms with Gasteiger partial charge in [-0.25, -0.2) is 4.79 Å². The average Bonchev–Trinajstić information content (AvgIpc) is 3.21. The number of esters is 1. The molecule has 200 valence electrons. The minimum atomic E-state index is -1.12. The van der Waals surface area contributed by atoms with Crippen molar-refractivity contribution in [1.29, 1.82) is 0 Å². The molecule has 2 aromatic heterocycles. The second-order valence-corrected chi connectivity index (χ2v) is 9.92. The van der Waals surface area contributed by atoms with E-state index in [9.17, 15) is 19.2 Å². The van der Waals surface area contributed by atoms with Gasteiger partial charge in [0.1, 0.15) is 13.2 Å². The molecule has 0 N–H and O–H groups in total. The normalized spacial score (nSPS) is 13.8. The van der Waals surface area contributed by atoms with Crippen LogP contribution in [0, 0.1) is 12.8 Å². The van der Waals surface area contributed by atoms with Crippen molar-refractivity contribution in [2.45, 2.75) is 52.1 Å². The van der Waals surface area contributed by atoms with E-state index in [0.717, 1.165) is 48.3 Å². The number of amides is 1. The number of nitrogens with zero attached hydrogens (tertiary/aromatic N) is 2. The number of carbonyl (C=O) groups is 4. The molecule has 9 heteroatoms. The zero-order valence-corrected chi connectivity index (χ0v) is 22.3. The van der Waals surface area contributed by atoms with Crippen LogP contribution in [-0.4, -0.2) is 41.1 Å². The highest BCUT2D eigenvalue weighted by Gasteiger charge is 2.31. The maximum atomic E-state index is 13.3. The predicted molar refractivity (Wildman–Crippen MR) is 144 cm³/mol. The van der Waals surface area contributed by atoms with Gasteiger partial charge in [-0.05, 0) is 54.1 Å². The maximum Gasteiger partial charge on any atom is 0.415 e. The number of carbonyl (C=O) groups excluding carboxylic acids is 4. The summed E-state index contributed by atoms with van der Waals surface area (Å²) in [7, 11) is 1.22. The van der Waals surface area contributed by atoms with E-state index in [-0.39, 0.29) is 17.9 Å². The summed E-state index contributed by atoms with van der Waals surface area (Å²) >= 11 is 5.68. The lowest BCUT2D eigenvalue weighted by Gasteiger charge is -2.23. The van der Waals surface area contributed by atoms with E-state index in [4.69, 9.17) is 21.1 Å². The van der Waals surface area contributed by atoms with Gasteiger partial charge in [-0.2, -0.15) is 0 Å². The Morgan fingerprint density at radius 2 is 1.74 bits per heavy atom. The number of ether oxygens (including phenoxy) is 2. The summed E-state index contributed by atoms with van der Waals surface area (Å²) in [5, 5.41) is -1.12. The van der Waals surface area contributed by atoms with Crippen LogP contribution < -0.4 is 4.90 Å². The van der Waals surface area contributed by atoms with Crippen LogP contribution in [0.25, 0.3) is 5.52 Å². The van der Waals surface area contributed by atoms with Gasteiger partial charge in [-0.15, -0.1) is 0 Å². The fourth-order valence-corrected chi connectivity index (χ4v) is 5.32. The fraction of sp³-hybridized carbons (Fsp3) is 0.379. The number of halogens is 1. The van der Waals surface area contributed by atoms with E-state index < -0.39 is 29.6 Å². The molecule has 0 aliphatic heterocycles. The zero-order chi connectivity index (χ0) is 27.2. The molecule has 0 spiro atoms. The molecule has 0 bridgehead atoms. The highest BCUT2D eigenvalue weighted by atomic mass is 35.5. The molecule has 0 saturated heterocycles. The quantitative estimate of drug-likeness (QED) is 0.151. The van der Waals surface area contributed by atoms with Crippen LogP contribution >= 0.6 is 11.6 Å². The molecule has 1 amide bonds. The Bertz CT molecular complexity index is 1340. The third-order valence-electron chi connectivity index (χ3n) is 7.15. The summed E-state index contributed by atoms with van der Waals surface area (Å²) in [6, 6.07) is 12.5. The van der Waals surface area contributed by atoms with Crippen LogP contribution in [0.5, 0.6) is 0 Å². The van der Waals surface area contributed by atoms with E-state index in [1.54, 1.807) is 25.3 Å². The van der Waals surface area contributed by atoms with Gasteiger partial charge >= 0.3 is 12.1 Å². The van der Waals surface area contributed by atoms with Crippen LogP contribution in [0.4, 0.5) is 10.5 Å². The third kappa shape index (κ3) is 5.91. The van der Waals surface area contributed by atoms with Gasteiger partial charge in [0, 0.05) is 11.9 Å². The summed E-state index contributed by atoms with van der Waals surface area (Å²) in [4.78, 5) is 52.0. The predicted octanol–water partition coefficient (Wildman–Crippen LogP) is 5.63. The van der Waals surface area contributed by atoms with Crippen molar-refractivity contribution < 1.29 is 28.7 Å². The SMILES string of the molecule is COC(=O)CN(C(=O)OCc1ccccc1)c1cccn2c(CC3CCCCC3)c(C)c(C(=O)C(=O)Cl)c12. The summed E-state index contributed by atoms with van der Waals surface area (Å²) in [6.45, 7) is 1.33. The average molecular weight is 539 g/mol. The van der Waals surface area contributed by atoms with Gasteiger partial charge in [0.2, 0.25) is 5.78 Å². The molecule has 1 fully saturated rings. The molecule has 1 saturated carbocycles. The Morgan fingerprint density at radius 1 is 1.03 bits per heavy atom. The van der Waals surface area contributed by atoms with Crippen molar-refractivity contribution in [2.24, 2.45) is 5.92 Å². The molecular formula is C29H31ClN2O6. The van der Waals surface area contributed by atoms with Crippen LogP contribution in [-0.2, 0) is 32.1 Å². The van der Waals surface area contributed by atoms with Crippen molar-refractivity contribution in [3.05, 3.63) is 71.0 Å². The fourth-order valence-electron chi connectivity index (χ4n) is 5.22. The Kier molecular flexibility index (Phi) is 8.84. The first kappa shape index (κ1) is 27.4. The molecule has 4 rings (SSSR count). The Balaban J connectivity index is 1.82. The van der Waals surface area contributed by atoms with Gasteiger partial charge < -0.3 is 13.9 Å². The first-order chi connectivity index (χ1) is 18.3. The minimum absolute atomic E-state index is 0.0145. The van der Waals surface area contributed by atoms with E-state index in [1.807, 2.05) is 34.7 Å².